The third kappa shape index (κ3) is 5.21. The number of hydrogen-bond acceptors (Lipinski definition) is 2. The number of hydrogen-bond donors (Lipinski definition) is 2. The molecule has 5 nitrogen and oxygen atoms in total. The summed E-state index contributed by atoms with van der Waals surface area (Å²) in [6, 6.07) is 0.103. The highest BCUT2D eigenvalue weighted by Crippen LogP contribution is 1.99. The van der Waals surface area contributed by atoms with E-state index in [1.54, 1.807) is 0 Å². The molecule has 0 saturated carbocycles. The van der Waals surface area contributed by atoms with Gasteiger partial charge in [-0.2, -0.15) is 5.10 Å². The van der Waals surface area contributed by atoms with Crippen LogP contribution in [0, 0.1) is 12.8 Å². The first kappa shape index (κ1) is 14.5. The van der Waals surface area contributed by atoms with Crippen molar-refractivity contribution in [2.75, 3.05) is 6.54 Å². The minimum atomic E-state index is -0.0900. The lowest BCUT2D eigenvalue weighted by Crippen LogP contribution is -2.43. The molecular weight excluding hydrogens is 228 g/mol. The van der Waals surface area contributed by atoms with Gasteiger partial charge in [0.15, 0.2) is 0 Å². The summed E-state index contributed by atoms with van der Waals surface area (Å²) in [5.74, 6) is 0.447. The Bertz CT molecular complexity index is 373. The summed E-state index contributed by atoms with van der Waals surface area (Å²) in [5.41, 5.74) is 1.16. The van der Waals surface area contributed by atoms with Crippen molar-refractivity contribution in [1.82, 2.24) is 20.4 Å². The maximum absolute atomic E-state index is 11.5. The molecule has 5 heteroatoms. The summed E-state index contributed by atoms with van der Waals surface area (Å²) in [6.45, 7) is 9.69. The van der Waals surface area contributed by atoms with E-state index in [2.05, 4.69) is 29.6 Å². The van der Waals surface area contributed by atoms with E-state index in [1.165, 1.54) is 0 Å². The number of carbonyl (C=O) groups is 1. The molecule has 0 aliphatic carbocycles. The zero-order valence-electron chi connectivity index (χ0n) is 11.7. The van der Waals surface area contributed by atoms with Crippen LogP contribution in [0.5, 0.6) is 0 Å². The summed E-state index contributed by atoms with van der Waals surface area (Å²) in [4.78, 5) is 11.5. The fraction of sp³-hybridized carbons (Fsp3) is 0.692. The third-order valence-electron chi connectivity index (χ3n) is 2.97. The maximum atomic E-state index is 11.5. The van der Waals surface area contributed by atoms with Gasteiger partial charge in [-0.1, -0.05) is 13.8 Å². The molecule has 1 aromatic heterocycles. The summed E-state index contributed by atoms with van der Waals surface area (Å²) in [6.07, 6.45) is 4.72. The van der Waals surface area contributed by atoms with Gasteiger partial charge in [0.05, 0.1) is 6.20 Å². The summed E-state index contributed by atoms with van der Waals surface area (Å²) >= 11 is 0. The Hall–Kier alpha value is -1.52. The van der Waals surface area contributed by atoms with E-state index >= 15 is 0 Å². The Kier molecular flexibility index (Phi) is 5.68. The molecule has 0 saturated heterocycles. The molecule has 1 atom stereocenters. The van der Waals surface area contributed by atoms with Gasteiger partial charge in [-0.3, -0.25) is 4.68 Å². The molecule has 2 amide bonds. The minimum absolute atomic E-state index is 0.0900. The third-order valence-corrected chi connectivity index (χ3v) is 2.97. The van der Waals surface area contributed by atoms with Crippen molar-refractivity contribution < 1.29 is 4.79 Å². The largest absolute Gasteiger partial charge is 0.338 e. The topological polar surface area (TPSA) is 59.0 Å². The van der Waals surface area contributed by atoms with E-state index in [0.29, 0.717) is 12.5 Å². The first-order valence-corrected chi connectivity index (χ1v) is 6.52. The van der Waals surface area contributed by atoms with Crippen molar-refractivity contribution in [3.8, 4) is 0 Å². The zero-order chi connectivity index (χ0) is 13.5. The molecular formula is C13H24N4O. The molecule has 0 radical (unpaired) electrons. The molecule has 0 aromatic carbocycles. The van der Waals surface area contributed by atoms with Crippen molar-refractivity contribution in [3.63, 3.8) is 0 Å². The Morgan fingerprint density at radius 3 is 2.72 bits per heavy atom. The van der Waals surface area contributed by atoms with E-state index in [-0.39, 0.29) is 12.1 Å². The number of rotatable bonds is 6. The van der Waals surface area contributed by atoms with Gasteiger partial charge in [-0.25, -0.2) is 4.79 Å². The smallest absolute Gasteiger partial charge is 0.315 e. The number of urea groups is 1. The number of carbonyl (C=O) groups excluding carboxylic acids is 1. The van der Waals surface area contributed by atoms with Crippen molar-refractivity contribution in [2.24, 2.45) is 5.92 Å². The van der Waals surface area contributed by atoms with E-state index in [0.717, 1.165) is 18.5 Å². The fourth-order valence-electron chi connectivity index (χ4n) is 1.46. The molecule has 1 rings (SSSR count). The number of amides is 2. The predicted octanol–water partition coefficient (Wildman–Crippen LogP) is 1.93. The van der Waals surface area contributed by atoms with Crippen molar-refractivity contribution in [2.45, 2.75) is 46.7 Å². The van der Waals surface area contributed by atoms with Crippen molar-refractivity contribution >= 4 is 6.03 Å². The number of nitrogens with zero attached hydrogens (tertiary/aromatic N) is 2. The second kappa shape index (κ2) is 7.03. The Balaban J connectivity index is 2.12. The van der Waals surface area contributed by atoms with Crippen molar-refractivity contribution in [3.05, 3.63) is 18.0 Å². The van der Waals surface area contributed by atoms with Gasteiger partial charge in [0.1, 0.15) is 0 Å². The van der Waals surface area contributed by atoms with Crippen LogP contribution >= 0.6 is 0 Å². The molecule has 0 spiro atoms. The molecule has 0 fully saturated rings. The first-order valence-electron chi connectivity index (χ1n) is 6.52. The molecule has 1 aromatic rings. The number of nitrogens with one attached hydrogen (secondary N) is 2. The van der Waals surface area contributed by atoms with Crippen LogP contribution < -0.4 is 10.6 Å². The molecule has 102 valence electrons. The van der Waals surface area contributed by atoms with E-state index in [4.69, 9.17) is 0 Å². The van der Waals surface area contributed by atoms with Crippen LogP contribution in [-0.2, 0) is 6.54 Å². The normalized spacial score (nSPS) is 12.5. The lowest BCUT2D eigenvalue weighted by molar-refractivity contribution is 0.234. The fourth-order valence-corrected chi connectivity index (χ4v) is 1.46. The van der Waals surface area contributed by atoms with Gasteiger partial charge in [0.2, 0.25) is 0 Å². The average Bonchev–Trinajstić information content (AvgIpc) is 2.70. The molecule has 2 N–H and O–H groups in total. The van der Waals surface area contributed by atoms with Crippen LogP contribution in [-0.4, -0.2) is 28.4 Å². The molecule has 1 unspecified atom stereocenters. The van der Waals surface area contributed by atoms with Crippen LogP contribution in [0.4, 0.5) is 4.79 Å². The highest BCUT2D eigenvalue weighted by Gasteiger charge is 2.09. The van der Waals surface area contributed by atoms with E-state index < -0.39 is 0 Å². The monoisotopic (exact) mass is 252 g/mol. The van der Waals surface area contributed by atoms with E-state index in [9.17, 15) is 4.79 Å². The molecule has 0 bridgehead atoms. The van der Waals surface area contributed by atoms with Gasteiger partial charge in [0.25, 0.3) is 0 Å². The molecule has 0 aliphatic heterocycles. The summed E-state index contributed by atoms with van der Waals surface area (Å²) in [5, 5.41) is 9.96. The molecule has 0 aliphatic rings. The Morgan fingerprint density at radius 2 is 2.17 bits per heavy atom. The standard InChI is InChI=1S/C13H24N4O/c1-10(2)12(4)16-13(18)14-6-5-7-17-9-11(3)8-15-17/h8-10,12H,5-7H2,1-4H3,(H2,14,16,18). The predicted molar refractivity (Wildman–Crippen MR) is 72.4 cm³/mol. The second-order valence-electron chi connectivity index (χ2n) is 5.07. The lowest BCUT2D eigenvalue weighted by atomic mass is 10.1. The molecule has 1 heterocycles. The van der Waals surface area contributed by atoms with Crippen molar-refractivity contribution in [1.29, 1.82) is 0 Å². The van der Waals surface area contributed by atoms with Crippen LogP contribution in [0.2, 0.25) is 0 Å². The number of aromatic nitrogens is 2. The first-order chi connectivity index (χ1) is 8.49. The Morgan fingerprint density at radius 1 is 1.44 bits per heavy atom. The SMILES string of the molecule is Cc1cnn(CCCNC(=O)NC(C)C(C)C)c1. The summed E-state index contributed by atoms with van der Waals surface area (Å²) < 4.78 is 1.89. The van der Waals surface area contributed by atoms with Gasteiger partial charge in [-0.15, -0.1) is 0 Å². The maximum Gasteiger partial charge on any atom is 0.315 e. The van der Waals surface area contributed by atoms with Crippen LogP contribution in [0.1, 0.15) is 32.8 Å². The number of aryl methyl sites for hydroxylation is 2. The van der Waals surface area contributed by atoms with Crippen LogP contribution in [0.3, 0.4) is 0 Å². The lowest BCUT2D eigenvalue weighted by Gasteiger charge is -2.17. The highest BCUT2D eigenvalue weighted by molar-refractivity contribution is 5.74. The zero-order valence-corrected chi connectivity index (χ0v) is 11.7. The minimum Gasteiger partial charge on any atom is -0.338 e. The molecule has 18 heavy (non-hydrogen) atoms. The quantitative estimate of drug-likeness (QED) is 0.760. The van der Waals surface area contributed by atoms with E-state index in [1.807, 2.05) is 30.9 Å². The van der Waals surface area contributed by atoms with Crippen LogP contribution in [0.25, 0.3) is 0 Å². The average molecular weight is 252 g/mol. The Labute approximate surface area is 109 Å². The van der Waals surface area contributed by atoms with Crippen LogP contribution in [0.15, 0.2) is 12.4 Å². The summed E-state index contributed by atoms with van der Waals surface area (Å²) in [7, 11) is 0. The van der Waals surface area contributed by atoms with Gasteiger partial charge in [-0.05, 0) is 31.7 Å². The van der Waals surface area contributed by atoms with Gasteiger partial charge >= 0.3 is 6.03 Å². The highest BCUT2D eigenvalue weighted by atomic mass is 16.2. The second-order valence-corrected chi connectivity index (χ2v) is 5.07. The van der Waals surface area contributed by atoms with Gasteiger partial charge in [0, 0.05) is 25.3 Å². The van der Waals surface area contributed by atoms with Gasteiger partial charge < -0.3 is 10.6 Å².